The number of anilines is 3. The summed E-state index contributed by atoms with van der Waals surface area (Å²) in [6.07, 6.45) is 1.34. The van der Waals surface area contributed by atoms with Gasteiger partial charge < -0.3 is 15.7 Å². The van der Waals surface area contributed by atoms with Gasteiger partial charge in [-0.2, -0.15) is 0 Å². The first-order valence-electron chi connectivity index (χ1n) is 7.52. The Morgan fingerprint density at radius 2 is 1.76 bits per heavy atom. The molecule has 0 radical (unpaired) electrons. The number of carboxylic acid groups (broad SMARTS) is 1. The third-order valence-corrected chi connectivity index (χ3v) is 3.51. The van der Waals surface area contributed by atoms with Crippen molar-refractivity contribution in [3.8, 4) is 0 Å². The van der Waals surface area contributed by atoms with Crippen LogP contribution in [0.3, 0.4) is 0 Å². The summed E-state index contributed by atoms with van der Waals surface area (Å²) in [6.45, 7) is 0.273. The third-order valence-electron chi connectivity index (χ3n) is 3.51. The fourth-order valence-corrected chi connectivity index (χ4v) is 2.27. The Balaban J connectivity index is 1.74. The zero-order valence-electron chi connectivity index (χ0n) is 13.1. The zero-order chi connectivity index (χ0) is 17.6. The van der Waals surface area contributed by atoms with Gasteiger partial charge >= 0.3 is 5.97 Å². The van der Waals surface area contributed by atoms with E-state index in [4.69, 9.17) is 0 Å². The normalized spacial score (nSPS) is 10.3. The number of benzene rings is 2. The fraction of sp³-hybridized carbons (Fsp3) is 0.0556. The van der Waals surface area contributed by atoms with E-state index < -0.39 is 5.97 Å². The number of carboxylic acids is 1. The van der Waals surface area contributed by atoms with Crippen molar-refractivity contribution in [2.24, 2.45) is 0 Å². The highest BCUT2D eigenvalue weighted by Crippen LogP contribution is 2.21. The van der Waals surface area contributed by atoms with Gasteiger partial charge in [-0.1, -0.05) is 30.3 Å². The molecule has 3 N–H and O–H groups in total. The van der Waals surface area contributed by atoms with E-state index in [9.17, 15) is 14.3 Å². The van der Waals surface area contributed by atoms with Crippen molar-refractivity contribution < 1.29 is 14.3 Å². The van der Waals surface area contributed by atoms with Crippen molar-refractivity contribution in [3.05, 3.63) is 77.9 Å². The van der Waals surface area contributed by atoms with Crippen molar-refractivity contribution >= 4 is 23.3 Å². The predicted molar refractivity (Wildman–Crippen MR) is 92.4 cm³/mol. The van der Waals surface area contributed by atoms with Gasteiger partial charge in [0.25, 0.3) is 0 Å². The first-order chi connectivity index (χ1) is 12.1. The monoisotopic (exact) mass is 338 g/mol. The van der Waals surface area contributed by atoms with E-state index in [1.165, 1.54) is 18.5 Å². The van der Waals surface area contributed by atoms with Crippen molar-refractivity contribution in [2.75, 3.05) is 10.6 Å². The topological polar surface area (TPSA) is 87.1 Å². The largest absolute Gasteiger partial charge is 0.478 e. The minimum Gasteiger partial charge on any atom is -0.478 e. The quantitative estimate of drug-likeness (QED) is 0.636. The molecule has 0 aliphatic heterocycles. The molecular weight excluding hydrogens is 323 g/mol. The molecule has 0 aliphatic rings. The zero-order valence-corrected chi connectivity index (χ0v) is 13.1. The Bertz CT molecular complexity index is 902. The Kier molecular flexibility index (Phi) is 4.84. The summed E-state index contributed by atoms with van der Waals surface area (Å²) in [5, 5.41) is 15.2. The Morgan fingerprint density at radius 1 is 1.04 bits per heavy atom. The van der Waals surface area contributed by atoms with Crippen molar-refractivity contribution in [1.82, 2.24) is 9.97 Å². The van der Waals surface area contributed by atoms with E-state index in [0.717, 1.165) is 0 Å². The maximum absolute atomic E-state index is 13.6. The summed E-state index contributed by atoms with van der Waals surface area (Å²) in [5.41, 5.74) is 1.09. The second kappa shape index (κ2) is 7.39. The van der Waals surface area contributed by atoms with Gasteiger partial charge in [0.05, 0.1) is 11.3 Å². The van der Waals surface area contributed by atoms with Crippen LogP contribution in [0.4, 0.5) is 21.7 Å². The number of nitrogens with zero attached hydrogens (tertiary/aromatic N) is 2. The average Bonchev–Trinajstić information content (AvgIpc) is 2.62. The lowest BCUT2D eigenvalue weighted by Crippen LogP contribution is -2.06. The molecule has 25 heavy (non-hydrogen) atoms. The molecule has 126 valence electrons. The van der Waals surface area contributed by atoms with Gasteiger partial charge in [-0.05, 0) is 18.2 Å². The Morgan fingerprint density at radius 3 is 2.56 bits per heavy atom. The van der Waals surface area contributed by atoms with E-state index in [1.54, 1.807) is 42.5 Å². The summed E-state index contributed by atoms with van der Waals surface area (Å²) < 4.78 is 13.6. The van der Waals surface area contributed by atoms with Crippen LogP contribution < -0.4 is 10.6 Å². The summed E-state index contributed by atoms with van der Waals surface area (Å²) >= 11 is 0. The second-order valence-corrected chi connectivity index (χ2v) is 5.21. The molecule has 2 aromatic carbocycles. The highest BCUT2D eigenvalue weighted by Gasteiger charge is 2.10. The number of rotatable bonds is 6. The third kappa shape index (κ3) is 4.08. The molecule has 0 amide bonds. The second-order valence-electron chi connectivity index (χ2n) is 5.21. The van der Waals surface area contributed by atoms with Crippen LogP contribution in [0.2, 0.25) is 0 Å². The van der Waals surface area contributed by atoms with Gasteiger partial charge in [0, 0.05) is 18.2 Å². The molecule has 0 saturated heterocycles. The van der Waals surface area contributed by atoms with Gasteiger partial charge in [-0.15, -0.1) is 0 Å². The maximum atomic E-state index is 13.6. The van der Waals surface area contributed by atoms with Crippen LogP contribution in [0.25, 0.3) is 0 Å². The van der Waals surface area contributed by atoms with Crippen molar-refractivity contribution in [3.63, 3.8) is 0 Å². The number of para-hydroxylation sites is 1. The number of aromatic carboxylic acids is 1. The number of aromatic nitrogens is 2. The number of carbonyl (C=O) groups is 1. The molecule has 0 bridgehead atoms. The molecule has 0 saturated carbocycles. The smallest absolute Gasteiger partial charge is 0.337 e. The molecule has 0 unspecified atom stereocenters. The molecule has 1 heterocycles. The lowest BCUT2D eigenvalue weighted by atomic mass is 10.2. The molecule has 3 rings (SSSR count). The minimum atomic E-state index is -1.03. The van der Waals surface area contributed by atoms with Crippen LogP contribution in [-0.4, -0.2) is 21.0 Å². The molecule has 0 fully saturated rings. The number of hydrogen-bond acceptors (Lipinski definition) is 5. The highest BCUT2D eigenvalue weighted by molar-refractivity contribution is 5.95. The standard InChI is InChI=1S/C18H15FN4O2/c19-14-7-3-1-5-12(14)10-20-16-9-17(22-11-21-16)23-15-8-4-2-6-13(15)18(24)25/h1-9,11H,10H2,(H,24,25)(H2,20,21,22,23). The van der Waals surface area contributed by atoms with Crippen molar-refractivity contribution in [2.45, 2.75) is 6.54 Å². The molecule has 1 aromatic heterocycles. The summed E-state index contributed by atoms with van der Waals surface area (Å²) in [5.74, 6) is -0.402. The van der Waals surface area contributed by atoms with Crippen molar-refractivity contribution in [1.29, 1.82) is 0 Å². The van der Waals surface area contributed by atoms with E-state index in [1.807, 2.05) is 0 Å². The molecule has 7 heteroatoms. The van der Waals surface area contributed by atoms with E-state index >= 15 is 0 Å². The van der Waals surface area contributed by atoms with Gasteiger partial charge in [-0.25, -0.2) is 19.2 Å². The SMILES string of the molecule is O=C(O)c1ccccc1Nc1cc(NCc2ccccc2F)ncn1. The lowest BCUT2D eigenvalue weighted by Gasteiger charge is -2.10. The number of nitrogens with one attached hydrogen (secondary N) is 2. The molecule has 0 aliphatic carbocycles. The van der Waals surface area contributed by atoms with Crippen LogP contribution in [-0.2, 0) is 6.54 Å². The van der Waals surface area contributed by atoms with Gasteiger partial charge in [0.15, 0.2) is 0 Å². The van der Waals surface area contributed by atoms with E-state index in [0.29, 0.717) is 22.9 Å². The van der Waals surface area contributed by atoms with Crippen LogP contribution in [0.15, 0.2) is 60.9 Å². The summed E-state index contributed by atoms with van der Waals surface area (Å²) in [4.78, 5) is 19.4. The van der Waals surface area contributed by atoms with Crippen LogP contribution in [0, 0.1) is 5.82 Å². The molecule has 0 spiro atoms. The fourth-order valence-electron chi connectivity index (χ4n) is 2.27. The van der Waals surface area contributed by atoms with Gasteiger partial charge in [-0.3, -0.25) is 0 Å². The predicted octanol–water partition coefficient (Wildman–Crippen LogP) is 3.67. The van der Waals surface area contributed by atoms with Gasteiger partial charge in [0.2, 0.25) is 0 Å². The van der Waals surface area contributed by atoms with E-state index in [2.05, 4.69) is 20.6 Å². The lowest BCUT2D eigenvalue weighted by molar-refractivity contribution is 0.0698. The molecule has 3 aromatic rings. The van der Waals surface area contributed by atoms with Crippen LogP contribution in [0.1, 0.15) is 15.9 Å². The maximum Gasteiger partial charge on any atom is 0.337 e. The highest BCUT2D eigenvalue weighted by atomic mass is 19.1. The molecular formula is C18H15FN4O2. The molecule has 6 nitrogen and oxygen atoms in total. The van der Waals surface area contributed by atoms with Gasteiger partial charge in [0.1, 0.15) is 23.8 Å². The Hall–Kier alpha value is -3.48. The first kappa shape index (κ1) is 16.4. The summed E-state index contributed by atoms with van der Waals surface area (Å²) in [7, 11) is 0. The van der Waals surface area contributed by atoms with Crippen LogP contribution >= 0.6 is 0 Å². The Labute approximate surface area is 143 Å². The van der Waals surface area contributed by atoms with E-state index in [-0.39, 0.29) is 17.9 Å². The average molecular weight is 338 g/mol. The van der Waals surface area contributed by atoms with Crippen LogP contribution in [0.5, 0.6) is 0 Å². The first-order valence-corrected chi connectivity index (χ1v) is 7.52. The number of hydrogen-bond donors (Lipinski definition) is 3. The summed E-state index contributed by atoms with van der Waals surface area (Å²) in [6, 6.07) is 14.6. The minimum absolute atomic E-state index is 0.141. The number of halogens is 1. The molecule has 0 atom stereocenters.